The van der Waals surface area contributed by atoms with E-state index in [4.69, 9.17) is 10.2 Å². The lowest BCUT2D eigenvalue weighted by Gasteiger charge is -2.02. The second kappa shape index (κ2) is 38.4. The highest BCUT2D eigenvalue weighted by molar-refractivity contribution is 5.67. The smallest absolute Gasteiger partial charge is 0.303 e. The van der Waals surface area contributed by atoms with Crippen LogP contribution in [0.2, 0.25) is 0 Å². The van der Waals surface area contributed by atoms with Crippen molar-refractivity contribution >= 4 is 11.9 Å². The SMILES string of the molecule is CC/C=C\C/C=C\C/C=C\C/C=C\C/C=C\C/C=C\CCC(=O)O.CCCCCCCCCCCCCCCC(=O)O. The molecule has 0 radical (unpaired) electrons. The maximum absolute atomic E-state index is 10.3. The van der Waals surface area contributed by atoms with Gasteiger partial charge in [0.1, 0.15) is 0 Å². The highest BCUT2D eigenvalue weighted by Crippen LogP contribution is 2.12. The van der Waals surface area contributed by atoms with Crippen molar-refractivity contribution in [2.45, 2.75) is 155 Å². The minimum atomic E-state index is -0.741. The Labute approximate surface area is 259 Å². The molecular formula is C38H64O4. The second-order valence-corrected chi connectivity index (χ2v) is 10.7. The van der Waals surface area contributed by atoms with E-state index in [-0.39, 0.29) is 6.42 Å². The Hall–Kier alpha value is -2.62. The molecule has 4 nitrogen and oxygen atoms in total. The van der Waals surface area contributed by atoms with Crippen LogP contribution in [-0.2, 0) is 9.59 Å². The quantitative estimate of drug-likeness (QED) is 0.0708. The van der Waals surface area contributed by atoms with E-state index in [0.29, 0.717) is 12.8 Å². The van der Waals surface area contributed by atoms with E-state index in [1.165, 1.54) is 70.6 Å². The first-order valence-electron chi connectivity index (χ1n) is 16.9. The third-order valence-corrected chi connectivity index (χ3v) is 6.62. The summed E-state index contributed by atoms with van der Waals surface area (Å²) < 4.78 is 0. The molecule has 0 aliphatic carbocycles. The van der Waals surface area contributed by atoms with E-state index < -0.39 is 11.9 Å². The van der Waals surface area contributed by atoms with Crippen LogP contribution >= 0.6 is 0 Å². The molecule has 0 rings (SSSR count). The molecule has 2 N–H and O–H groups in total. The van der Waals surface area contributed by atoms with Crippen molar-refractivity contribution in [3.05, 3.63) is 72.9 Å². The zero-order valence-electron chi connectivity index (χ0n) is 27.2. The average molecular weight is 585 g/mol. The van der Waals surface area contributed by atoms with Gasteiger partial charge in [0.15, 0.2) is 0 Å². The maximum Gasteiger partial charge on any atom is 0.303 e. The summed E-state index contributed by atoms with van der Waals surface area (Å²) >= 11 is 0. The van der Waals surface area contributed by atoms with Gasteiger partial charge in [0.2, 0.25) is 0 Å². The molecule has 240 valence electrons. The van der Waals surface area contributed by atoms with Crippen molar-refractivity contribution in [1.29, 1.82) is 0 Å². The molecule has 0 aromatic heterocycles. The topological polar surface area (TPSA) is 74.6 Å². The number of unbranched alkanes of at least 4 members (excludes halogenated alkanes) is 12. The molecular weight excluding hydrogens is 520 g/mol. The maximum atomic E-state index is 10.3. The van der Waals surface area contributed by atoms with Crippen LogP contribution in [0.4, 0.5) is 0 Å². The lowest BCUT2D eigenvalue weighted by molar-refractivity contribution is -0.138. The second-order valence-electron chi connectivity index (χ2n) is 10.7. The molecule has 0 aromatic carbocycles. The highest BCUT2D eigenvalue weighted by Gasteiger charge is 1.97. The van der Waals surface area contributed by atoms with Gasteiger partial charge in [-0.2, -0.15) is 0 Å². The zero-order chi connectivity index (χ0) is 31.2. The third-order valence-electron chi connectivity index (χ3n) is 6.62. The summed E-state index contributed by atoms with van der Waals surface area (Å²) in [6, 6.07) is 0. The lowest BCUT2D eigenvalue weighted by atomic mass is 10.0. The molecule has 0 aliphatic heterocycles. The molecule has 0 atom stereocenters. The van der Waals surface area contributed by atoms with Gasteiger partial charge in [-0.3, -0.25) is 9.59 Å². The Bertz CT molecular complexity index is 755. The van der Waals surface area contributed by atoms with E-state index in [1.807, 2.05) is 12.2 Å². The van der Waals surface area contributed by atoms with Crippen molar-refractivity contribution in [3.8, 4) is 0 Å². The Balaban J connectivity index is 0. The highest BCUT2D eigenvalue weighted by atomic mass is 16.4. The number of hydrogen-bond donors (Lipinski definition) is 2. The molecule has 42 heavy (non-hydrogen) atoms. The van der Waals surface area contributed by atoms with Crippen molar-refractivity contribution in [1.82, 2.24) is 0 Å². The molecule has 4 heteroatoms. The van der Waals surface area contributed by atoms with Crippen LogP contribution in [0.5, 0.6) is 0 Å². The fourth-order valence-corrected chi connectivity index (χ4v) is 4.14. The summed E-state index contributed by atoms with van der Waals surface area (Å²) in [7, 11) is 0. The number of carboxylic acid groups (broad SMARTS) is 2. The summed E-state index contributed by atoms with van der Waals surface area (Å²) in [5.41, 5.74) is 0. The van der Waals surface area contributed by atoms with Gasteiger partial charge in [-0.05, 0) is 51.4 Å². The Morgan fingerprint density at radius 1 is 0.405 bits per heavy atom. The van der Waals surface area contributed by atoms with Crippen LogP contribution in [0, 0.1) is 0 Å². The standard InChI is InChI=1S/C22H32O2.C16H32O2/c1-2-3-4-5-6-7-8-9-10-11-12-13-14-15-16-17-18-19-20-21-22(23)24;1-2-3-4-5-6-7-8-9-10-11-12-13-14-15-16(17)18/h3-4,6-7,9-10,12-13,15-16,18-19H,2,5,8,11,14,17,20-21H2,1H3,(H,23,24);2-15H2,1H3,(H,17,18)/b4-3-,7-6-,10-9-,13-12-,16-15-,19-18-;. The van der Waals surface area contributed by atoms with Gasteiger partial charge < -0.3 is 10.2 Å². The minimum absolute atomic E-state index is 0.210. The summed E-state index contributed by atoms with van der Waals surface area (Å²) in [5.74, 6) is -1.40. The first kappa shape index (κ1) is 41.5. The molecule has 0 saturated heterocycles. The van der Waals surface area contributed by atoms with E-state index in [1.54, 1.807) is 0 Å². The number of aliphatic carboxylic acids is 2. The fraction of sp³-hybridized carbons (Fsp3) is 0.632. The Kier molecular flexibility index (Phi) is 37.9. The van der Waals surface area contributed by atoms with Gasteiger partial charge >= 0.3 is 11.9 Å². The predicted octanol–water partition coefficient (Wildman–Crippen LogP) is 12.1. The van der Waals surface area contributed by atoms with E-state index >= 15 is 0 Å². The molecule has 0 bridgehead atoms. The molecule has 0 saturated carbocycles. The van der Waals surface area contributed by atoms with Gasteiger partial charge in [-0.1, -0.05) is 164 Å². The van der Waals surface area contributed by atoms with Crippen LogP contribution in [0.1, 0.15) is 155 Å². The predicted molar refractivity (Wildman–Crippen MR) is 183 cm³/mol. The van der Waals surface area contributed by atoms with E-state index in [0.717, 1.165) is 51.4 Å². The van der Waals surface area contributed by atoms with Crippen molar-refractivity contribution in [2.24, 2.45) is 0 Å². The fourth-order valence-electron chi connectivity index (χ4n) is 4.14. The first-order valence-corrected chi connectivity index (χ1v) is 16.9. The van der Waals surface area contributed by atoms with Crippen LogP contribution < -0.4 is 0 Å². The number of carboxylic acids is 2. The summed E-state index contributed by atoms with van der Waals surface area (Å²) in [4.78, 5) is 20.6. The normalized spacial score (nSPS) is 12.0. The number of carbonyl (C=O) groups is 2. The monoisotopic (exact) mass is 584 g/mol. The molecule has 0 spiro atoms. The Morgan fingerprint density at radius 2 is 0.714 bits per heavy atom. The van der Waals surface area contributed by atoms with Gasteiger partial charge in [0.05, 0.1) is 0 Å². The van der Waals surface area contributed by atoms with Crippen LogP contribution in [0.15, 0.2) is 72.9 Å². The summed E-state index contributed by atoms with van der Waals surface area (Å²) in [5, 5.41) is 17.0. The largest absolute Gasteiger partial charge is 0.481 e. The van der Waals surface area contributed by atoms with Crippen LogP contribution in [0.3, 0.4) is 0 Å². The van der Waals surface area contributed by atoms with Gasteiger partial charge in [0, 0.05) is 12.8 Å². The number of hydrogen-bond acceptors (Lipinski definition) is 2. The van der Waals surface area contributed by atoms with Gasteiger partial charge in [-0.25, -0.2) is 0 Å². The molecule has 0 aliphatic rings. The number of rotatable bonds is 28. The van der Waals surface area contributed by atoms with Gasteiger partial charge in [-0.15, -0.1) is 0 Å². The molecule has 0 unspecified atom stereocenters. The summed E-state index contributed by atoms with van der Waals surface area (Å²) in [6.07, 6.45) is 49.7. The van der Waals surface area contributed by atoms with Crippen molar-refractivity contribution in [2.75, 3.05) is 0 Å². The van der Waals surface area contributed by atoms with Crippen LogP contribution in [-0.4, -0.2) is 22.2 Å². The number of allylic oxidation sites excluding steroid dienone is 12. The van der Waals surface area contributed by atoms with Crippen LogP contribution in [0.25, 0.3) is 0 Å². The zero-order valence-corrected chi connectivity index (χ0v) is 27.2. The first-order chi connectivity index (χ1) is 20.5. The third kappa shape index (κ3) is 44.4. The molecule has 0 aromatic rings. The van der Waals surface area contributed by atoms with Crippen molar-refractivity contribution < 1.29 is 19.8 Å². The minimum Gasteiger partial charge on any atom is -0.481 e. The van der Waals surface area contributed by atoms with Crippen molar-refractivity contribution in [3.63, 3.8) is 0 Å². The molecule has 0 heterocycles. The molecule has 0 fully saturated rings. The van der Waals surface area contributed by atoms with E-state index in [2.05, 4.69) is 74.6 Å². The molecule has 0 amide bonds. The van der Waals surface area contributed by atoms with Gasteiger partial charge in [0.25, 0.3) is 0 Å². The van der Waals surface area contributed by atoms with E-state index in [9.17, 15) is 9.59 Å². The summed E-state index contributed by atoms with van der Waals surface area (Å²) in [6.45, 7) is 4.41. The Morgan fingerprint density at radius 3 is 1.05 bits per heavy atom. The average Bonchev–Trinajstić information content (AvgIpc) is 2.97. The lowest BCUT2D eigenvalue weighted by Crippen LogP contribution is -1.93.